The van der Waals surface area contributed by atoms with Crippen LogP contribution < -0.4 is 0 Å². The number of carbonyl (C=O) groups excluding carboxylic acids is 1. The molecule has 1 aromatic carbocycles. The second-order valence-corrected chi connectivity index (χ2v) is 6.00. The molecule has 0 unspecified atom stereocenters. The number of hydrogen-bond donors (Lipinski definition) is 0. The Morgan fingerprint density at radius 3 is 2.91 bits per heavy atom. The average molecular weight is 321 g/mol. The van der Waals surface area contributed by atoms with E-state index in [1.54, 1.807) is 23.3 Å². The highest BCUT2D eigenvalue weighted by Gasteiger charge is 2.17. The van der Waals surface area contributed by atoms with Crippen LogP contribution in [0.25, 0.3) is 22.2 Å². The maximum atomic E-state index is 12.8. The number of thiophene rings is 1. The van der Waals surface area contributed by atoms with E-state index in [-0.39, 0.29) is 5.91 Å². The van der Waals surface area contributed by atoms with Gasteiger partial charge in [0.2, 0.25) is 0 Å². The number of para-hydroxylation sites is 1. The lowest BCUT2D eigenvalue weighted by molar-refractivity contribution is 0.0800. The largest absolute Gasteiger partial charge is 0.341 e. The van der Waals surface area contributed by atoms with Crippen LogP contribution in [0.15, 0.2) is 47.2 Å². The molecule has 0 saturated carbocycles. The summed E-state index contributed by atoms with van der Waals surface area (Å²) < 4.78 is 0. The molecule has 0 spiro atoms. The second kappa shape index (κ2) is 6.59. The van der Waals surface area contributed by atoms with E-state index in [4.69, 9.17) is 5.26 Å². The maximum absolute atomic E-state index is 12.8. The Morgan fingerprint density at radius 2 is 2.17 bits per heavy atom. The topological polar surface area (TPSA) is 57.0 Å². The highest BCUT2D eigenvalue weighted by molar-refractivity contribution is 7.08. The van der Waals surface area contributed by atoms with E-state index in [1.807, 2.05) is 47.2 Å². The predicted molar refractivity (Wildman–Crippen MR) is 92.2 cm³/mol. The first-order valence-corrected chi connectivity index (χ1v) is 8.20. The van der Waals surface area contributed by atoms with Crippen LogP contribution in [-0.4, -0.2) is 29.4 Å². The first kappa shape index (κ1) is 15.2. The van der Waals surface area contributed by atoms with Crippen LogP contribution in [0.2, 0.25) is 0 Å². The zero-order valence-electron chi connectivity index (χ0n) is 12.7. The molecule has 0 N–H and O–H groups in total. The zero-order valence-corrected chi connectivity index (χ0v) is 13.5. The summed E-state index contributed by atoms with van der Waals surface area (Å²) in [6, 6.07) is 13.6. The molecule has 3 aromatic rings. The van der Waals surface area contributed by atoms with Gasteiger partial charge in [-0.1, -0.05) is 18.2 Å². The quantitative estimate of drug-likeness (QED) is 0.731. The summed E-state index contributed by atoms with van der Waals surface area (Å²) in [6.07, 6.45) is 0.322. The molecule has 4 nitrogen and oxygen atoms in total. The fraction of sp³-hybridized carbons (Fsp3) is 0.167. The lowest BCUT2D eigenvalue weighted by atomic mass is 10.0. The smallest absolute Gasteiger partial charge is 0.254 e. The minimum absolute atomic E-state index is 0.0877. The van der Waals surface area contributed by atoms with Crippen molar-refractivity contribution in [3.05, 3.63) is 52.7 Å². The van der Waals surface area contributed by atoms with E-state index >= 15 is 0 Å². The van der Waals surface area contributed by atoms with E-state index in [2.05, 4.69) is 11.1 Å². The molecule has 0 fully saturated rings. The Hall–Kier alpha value is -2.71. The third-order valence-electron chi connectivity index (χ3n) is 3.67. The van der Waals surface area contributed by atoms with Gasteiger partial charge in [0.15, 0.2) is 0 Å². The fourth-order valence-electron chi connectivity index (χ4n) is 2.44. The van der Waals surface area contributed by atoms with Gasteiger partial charge < -0.3 is 4.90 Å². The minimum Gasteiger partial charge on any atom is -0.341 e. The van der Waals surface area contributed by atoms with Gasteiger partial charge in [-0.2, -0.15) is 16.6 Å². The predicted octanol–water partition coefficient (Wildman–Crippen LogP) is 3.95. The molecule has 0 atom stereocenters. The van der Waals surface area contributed by atoms with Gasteiger partial charge in [-0.05, 0) is 23.6 Å². The Labute approximate surface area is 138 Å². The number of nitrogens with zero attached hydrogens (tertiary/aromatic N) is 3. The number of pyridine rings is 1. The van der Waals surface area contributed by atoms with Crippen LogP contribution in [0.4, 0.5) is 0 Å². The van der Waals surface area contributed by atoms with Crippen LogP contribution in [0, 0.1) is 11.3 Å². The molecule has 23 heavy (non-hydrogen) atoms. The Morgan fingerprint density at radius 1 is 1.35 bits per heavy atom. The van der Waals surface area contributed by atoms with Crippen LogP contribution in [-0.2, 0) is 0 Å². The molecule has 3 rings (SSSR count). The number of nitriles is 1. The molecular formula is C18H15N3OS. The molecule has 0 radical (unpaired) electrons. The number of fused-ring (bicyclic) bond motifs is 1. The van der Waals surface area contributed by atoms with E-state index in [0.29, 0.717) is 18.5 Å². The van der Waals surface area contributed by atoms with E-state index in [0.717, 1.165) is 22.2 Å². The Bertz CT molecular complexity index is 881. The van der Waals surface area contributed by atoms with Gasteiger partial charge in [0.1, 0.15) is 0 Å². The number of hydrogen-bond acceptors (Lipinski definition) is 4. The highest BCUT2D eigenvalue weighted by atomic mass is 32.1. The molecule has 114 valence electrons. The molecule has 0 saturated heterocycles. The summed E-state index contributed by atoms with van der Waals surface area (Å²) in [4.78, 5) is 19.0. The van der Waals surface area contributed by atoms with Crippen molar-refractivity contribution < 1.29 is 4.79 Å². The van der Waals surface area contributed by atoms with E-state index in [9.17, 15) is 4.79 Å². The summed E-state index contributed by atoms with van der Waals surface area (Å²) in [7, 11) is 1.72. The molecule has 1 amide bonds. The van der Waals surface area contributed by atoms with Gasteiger partial charge in [0.25, 0.3) is 5.91 Å². The van der Waals surface area contributed by atoms with E-state index < -0.39 is 0 Å². The van der Waals surface area contributed by atoms with Crippen LogP contribution in [0.5, 0.6) is 0 Å². The van der Waals surface area contributed by atoms with Crippen LogP contribution in [0.3, 0.4) is 0 Å². The number of rotatable bonds is 4. The van der Waals surface area contributed by atoms with Crippen molar-refractivity contribution in [2.75, 3.05) is 13.6 Å². The van der Waals surface area contributed by atoms with Crippen molar-refractivity contribution >= 4 is 28.1 Å². The molecule has 5 heteroatoms. The van der Waals surface area contributed by atoms with Gasteiger partial charge in [0, 0.05) is 29.9 Å². The molecule has 2 aromatic heterocycles. The summed E-state index contributed by atoms with van der Waals surface area (Å²) in [5.41, 5.74) is 3.22. The van der Waals surface area contributed by atoms with Crippen molar-refractivity contribution in [2.45, 2.75) is 6.42 Å². The zero-order chi connectivity index (χ0) is 16.2. The summed E-state index contributed by atoms with van der Waals surface area (Å²) >= 11 is 1.60. The number of amides is 1. The first-order chi connectivity index (χ1) is 11.2. The Kier molecular flexibility index (Phi) is 4.35. The lowest BCUT2D eigenvalue weighted by Gasteiger charge is -2.17. The van der Waals surface area contributed by atoms with Gasteiger partial charge in [0.05, 0.1) is 29.3 Å². The lowest BCUT2D eigenvalue weighted by Crippen LogP contribution is -2.27. The molecular weight excluding hydrogens is 306 g/mol. The monoisotopic (exact) mass is 321 g/mol. The van der Waals surface area contributed by atoms with Crippen LogP contribution >= 0.6 is 11.3 Å². The summed E-state index contributed by atoms with van der Waals surface area (Å²) in [6.45, 7) is 0.416. The van der Waals surface area contributed by atoms with Crippen molar-refractivity contribution in [1.29, 1.82) is 5.26 Å². The maximum Gasteiger partial charge on any atom is 0.254 e. The molecule has 0 aliphatic carbocycles. The fourth-order valence-corrected chi connectivity index (χ4v) is 3.08. The third-order valence-corrected chi connectivity index (χ3v) is 4.35. The second-order valence-electron chi connectivity index (χ2n) is 5.22. The summed E-state index contributed by atoms with van der Waals surface area (Å²) in [5.74, 6) is -0.0877. The molecule has 0 aliphatic rings. The van der Waals surface area contributed by atoms with E-state index in [1.165, 1.54) is 0 Å². The average Bonchev–Trinajstić information content (AvgIpc) is 3.12. The summed E-state index contributed by atoms with van der Waals surface area (Å²) in [5, 5.41) is 13.6. The van der Waals surface area contributed by atoms with Gasteiger partial charge in [-0.3, -0.25) is 4.79 Å². The molecule has 2 heterocycles. The van der Waals surface area contributed by atoms with Gasteiger partial charge in [-0.15, -0.1) is 0 Å². The SMILES string of the molecule is CN(CCC#N)C(=O)c1cc(-c2ccsc2)nc2ccccc12. The van der Waals surface area contributed by atoms with Crippen LogP contribution in [0.1, 0.15) is 16.8 Å². The van der Waals surface area contributed by atoms with Crippen molar-refractivity contribution in [1.82, 2.24) is 9.88 Å². The van der Waals surface area contributed by atoms with Crippen molar-refractivity contribution in [3.63, 3.8) is 0 Å². The highest BCUT2D eigenvalue weighted by Crippen LogP contribution is 2.27. The van der Waals surface area contributed by atoms with Gasteiger partial charge >= 0.3 is 0 Å². The number of carbonyl (C=O) groups is 1. The normalized spacial score (nSPS) is 10.4. The minimum atomic E-state index is -0.0877. The number of benzene rings is 1. The van der Waals surface area contributed by atoms with Crippen molar-refractivity contribution in [2.24, 2.45) is 0 Å². The number of aromatic nitrogens is 1. The van der Waals surface area contributed by atoms with Gasteiger partial charge in [-0.25, -0.2) is 4.98 Å². The molecule has 0 aliphatic heterocycles. The molecule has 0 bridgehead atoms. The standard InChI is InChI=1S/C18H15N3OS/c1-21(9-4-8-19)18(22)15-11-17(13-7-10-23-12-13)20-16-6-3-2-5-14(15)16/h2-3,5-7,10-12H,4,9H2,1H3. The third kappa shape index (κ3) is 3.08. The van der Waals surface area contributed by atoms with Crippen molar-refractivity contribution in [3.8, 4) is 17.3 Å². The first-order valence-electron chi connectivity index (χ1n) is 7.25. The Balaban J connectivity index is 2.11.